The highest BCUT2D eigenvalue weighted by atomic mass is 16.2. The van der Waals surface area contributed by atoms with Crippen LogP contribution in [0.4, 0.5) is 5.82 Å². The third-order valence-electron chi connectivity index (χ3n) is 3.73. The summed E-state index contributed by atoms with van der Waals surface area (Å²) < 4.78 is 1.07. The van der Waals surface area contributed by atoms with Gasteiger partial charge in [0, 0.05) is 25.0 Å². The molecule has 0 unspecified atom stereocenters. The van der Waals surface area contributed by atoms with Crippen LogP contribution in [0.5, 0.6) is 0 Å². The van der Waals surface area contributed by atoms with E-state index in [2.05, 4.69) is 20.7 Å². The van der Waals surface area contributed by atoms with E-state index in [4.69, 9.17) is 0 Å². The van der Waals surface area contributed by atoms with Crippen LogP contribution in [-0.2, 0) is 7.05 Å². The van der Waals surface area contributed by atoms with Crippen LogP contribution >= 0.6 is 0 Å². The zero-order chi connectivity index (χ0) is 18.7. The van der Waals surface area contributed by atoms with Crippen molar-refractivity contribution >= 4 is 28.5 Å². The molecule has 8 nitrogen and oxygen atoms in total. The summed E-state index contributed by atoms with van der Waals surface area (Å²) >= 11 is 0. The highest BCUT2D eigenvalue weighted by Crippen LogP contribution is 2.21. The summed E-state index contributed by atoms with van der Waals surface area (Å²) in [7, 11) is 1.46. The Kier molecular flexibility index (Phi) is 4.74. The topological polar surface area (TPSA) is 106 Å². The minimum Gasteiger partial charge on any atom is -0.352 e. The summed E-state index contributed by atoms with van der Waals surface area (Å²) in [5.41, 5.74) is 0.756. The van der Waals surface area contributed by atoms with E-state index in [1.807, 2.05) is 13.0 Å². The summed E-state index contributed by atoms with van der Waals surface area (Å²) in [6.07, 6.45) is 0. The van der Waals surface area contributed by atoms with Crippen LogP contribution in [0.2, 0.25) is 0 Å². The van der Waals surface area contributed by atoms with E-state index in [-0.39, 0.29) is 23.0 Å². The number of hydrogen-bond donors (Lipinski definition) is 2. The van der Waals surface area contributed by atoms with Crippen molar-refractivity contribution in [2.75, 3.05) is 11.9 Å². The van der Waals surface area contributed by atoms with Gasteiger partial charge in [-0.05, 0) is 25.1 Å². The Morgan fingerprint density at radius 2 is 1.88 bits per heavy atom. The van der Waals surface area contributed by atoms with Gasteiger partial charge in [-0.15, -0.1) is 0 Å². The fraction of sp³-hybridized carbons (Fsp3) is 0.167. The quantitative estimate of drug-likeness (QED) is 0.738. The fourth-order valence-corrected chi connectivity index (χ4v) is 2.49. The monoisotopic (exact) mass is 351 g/mol. The number of nitrogens with zero attached hydrogens (tertiary/aromatic N) is 3. The molecule has 0 fully saturated rings. The lowest BCUT2D eigenvalue weighted by atomic mass is 10.1. The van der Waals surface area contributed by atoms with E-state index in [1.54, 1.807) is 18.2 Å². The van der Waals surface area contributed by atoms with Crippen LogP contribution in [-0.4, -0.2) is 33.1 Å². The zero-order valence-electron chi connectivity index (χ0n) is 14.3. The number of anilines is 1. The Morgan fingerprint density at radius 3 is 2.62 bits per heavy atom. The van der Waals surface area contributed by atoms with Crippen molar-refractivity contribution in [2.24, 2.45) is 7.05 Å². The molecular formula is C18H17N5O3. The third kappa shape index (κ3) is 3.44. The molecule has 0 saturated carbocycles. The Balaban J connectivity index is 1.99. The SMILES string of the molecule is CCNC(=O)c1cc(NC(=O)c2ccc(=O)n(C)n2)nc2ccccc12. The van der Waals surface area contributed by atoms with Gasteiger partial charge in [0.05, 0.1) is 11.1 Å². The molecule has 0 bridgehead atoms. The molecule has 2 aromatic heterocycles. The predicted molar refractivity (Wildman–Crippen MR) is 97.2 cm³/mol. The molecule has 3 rings (SSSR count). The summed E-state index contributed by atoms with van der Waals surface area (Å²) in [6.45, 7) is 2.31. The normalized spacial score (nSPS) is 10.5. The van der Waals surface area contributed by atoms with E-state index >= 15 is 0 Å². The molecule has 2 amide bonds. The second-order valence-corrected chi connectivity index (χ2v) is 5.57. The van der Waals surface area contributed by atoms with Crippen LogP contribution in [0.15, 0.2) is 47.3 Å². The van der Waals surface area contributed by atoms with Gasteiger partial charge in [-0.1, -0.05) is 18.2 Å². The Morgan fingerprint density at radius 1 is 1.12 bits per heavy atom. The van der Waals surface area contributed by atoms with E-state index in [0.717, 1.165) is 4.68 Å². The molecule has 0 saturated heterocycles. The number of fused-ring (bicyclic) bond motifs is 1. The van der Waals surface area contributed by atoms with Gasteiger partial charge in [0.25, 0.3) is 17.4 Å². The second-order valence-electron chi connectivity index (χ2n) is 5.57. The van der Waals surface area contributed by atoms with Gasteiger partial charge in [0.15, 0.2) is 0 Å². The maximum Gasteiger partial charge on any atom is 0.277 e. The van der Waals surface area contributed by atoms with Gasteiger partial charge >= 0.3 is 0 Å². The minimum atomic E-state index is -0.523. The number of benzene rings is 1. The number of hydrogen-bond acceptors (Lipinski definition) is 5. The molecule has 0 aliphatic carbocycles. The van der Waals surface area contributed by atoms with Crippen molar-refractivity contribution in [2.45, 2.75) is 6.92 Å². The number of rotatable bonds is 4. The Hall–Kier alpha value is -3.55. The van der Waals surface area contributed by atoms with Crippen LogP contribution in [0.25, 0.3) is 10.9 Å². The molecule has 2 N–H and O–H groups in total. The first kappa shape index (κ1) is 17.3. The molecule has 0 radical (unpaired) electrons. The molecule has 8 heteroatoms. The number of aromatic nitrogens is 3. The summed E-state index contributed by atoms with van der Waals surface area (Å²) in [5.74, 6) is -0.544. The number of pyridine rings is 1. The second kappa shape index (κ2) is 7.14. The van der Waals surface area contributed by atoms with E-state index in [9.17, 15) is 14.4 Å². The van der Waals surface area contributed by atoms with Gasteiger partial charge in [-0.2, -0.15) is 5.10 Å². The average molecular weight is 351 g/mol. The van der Waals surface area contributed by atoms with Crippen molar-refractivity contribution in [1.82, 2.24) is 20.1 Å². The Bertz CT molecular complexity index is 1060. The van der Waals surface area contributed by atoms with Gasteiger partial charge in [-0.25, -0.2) is 9.67 Å². The molecule has 2 heterocycles. The van der Waals surface area contributed by atoms with E-state index in [1.165, 1.54) is 25.2 Å². The van der Waals surface area contributed by atoms with E-state index in [0.29, 0.717) is 23.0 Å². The molecule has 0 spiro atoms. The molecule has 26 heavy (non-hydrogen) atoms. The van der Waals surface area contributed by atoms with E-state index < -0.39 is 5.91 Å². The van der Waals surface area contributed by atoms with Gasteiger partial charge in [0.1, 0.15) is 11.5 Å². The number of amides is 2. The maximum atomic E-state index is 12.4. The lowest BCUT2D eigenvalue weighted by Crippen LogP contribution is -2.25. The average Bonchev–Trinajstić information content (AvgIpc) is 2.63. The van der Waals surface area contributed by atoms with Crippen LogP contribution in [0.3, 0.4) is 0 Å². The minimum absolute atomic E-state index is 0.0709. The third-order valence-corrected chi connectivity index (χ3v) is 3.73. The summed E-state index contributed by atoms with van der Waals surface area (Å²) in [4.78, 5) is 40.5. The van der Waals surface area contributed by atoms with Crippen LogP contribution in [0.1, 0.15) is 27.8 Å². The molecule has 3 aromatic rings. The first-order chi connectivity index (χ1) is 12.5. The Labute approximate surface area is 148 Å². The summed E-state index contributed by atoms with van der Waals surface area (Å²) in [6, 6.07) is 11.3. The van der Waals surface area contributed by atoms with Crippen molar-refractivity contribution < 1.29 is 9.59 Å². The first-order valence-corrected chi connectivity index (χ1v) is 8.03. The highest BCUT2D eigenvalue weighted by Gasteiger charge is 2.15. The number of carbonyl (C=O) groups excluding carboxylic acids is 2. The van der Waals surface area contributed by atoms with Crippen molar-refractivity contribution in [3.05, 3.63) is 64.1 Å². The predicted octanol–water partition coefficient (Wildman–Crippen LogP) is 1.33. The standard InChI is InChI=1S/C18H17N5O3/c1-3-19-17(25)12-10-15(20-13-7-5-4-6-11(12)13)21-18(26)14-8-9-16(24)23(2)22-14/h4-10H,3H2,1-2H3,(H,19,25)(H,20,21,26). The highest BCUT2D eigenvalue weighted by molar-refractivity contribution is 6.08. The van der Waals surface area contributed by atoms with Crippen LogP contribution < -0.4 is 16.2 Å². The van der Waals surface area contributed by atoms with Crippen molar-refractivity contribution in [1.29, 1.82) is 0 Å². The maximum absolute atomic E-state index is 12.4. The molecule has 0 atom stereocenters. The largest absolute Gasteiger partial charge is 0.352 e. The molecule has 1 aromatic carbocycles. The zero-order valence-corrected chi connectivity index (χ0v) is 14.3. The lowest BCUT2D eigenvalue weighted by Gasteiger charge is -2.10. The lowest BCUT2D eigenvalue weighted by molar-refractivity contribution is 0.0955. The van der Waals surface area contributed by atoms with Crippen LogP contribution in [0, 0.1) is 0 Å². The fourth-order valence-electron chi connectivity index (χ4n) is 2.49. The van der Waals surface area contributed by atoms with Crippen molar-refractivity contribution in [3.8, 4) is 0 Å². The number of carbonyl (C=O) groups is 2. The molecular weight excluding hydrogens is 334 g/mol. The molecule has 0 aliphatic rings. The van der Waals surface area contributed by atoms with Gasteiger partial charge in [0.2, 0.25) is 0 Å². The molecule has 0 aliphatic heterocycles. The van der Waals surface area contributed by atoms with Gasteiger partial charge < -0.3 is 10.6 Å². The number of nitrogens with one attached hydrogen (secondary N) is 2. The van der Waals surface area contributed by atoms with Crippen molar-refractivity contribution in [3.63, 3.8) is 0 Å². The molecule has 132 valence electrons. The summed E-state index contributed by atoms with van der Waals surface area (Å²) in [5, 5.41) is 9.97. The number of para-hydroxylation sites is 1. The smallest absolute Gasteiger partial charge is 0.277 e. The van der Waals surface area contributed by atoms with Gasteiger partial charge in [-0.3, -0.25) is 14.4 Å². The first-order valence-electron chi connectivity index (χ1n) is 8.03. The number of aryl methyl sites for hydroxylation is 1.